The average molecular weight is 396 g/mol. The topological polar surface area (TPSA) is 61.9 Å². The van der Waals surface area contributed by atoms with Gasteiger partial charge in [0.15, 0.2) is 0 Å². The molecule has 2 amide bonds. The molecule has 0 aliphatic carbocycles. The van der Waals surface area contributed by atoms with E-state index in [4.69, 9.17) is 4.74 Å². The lowest BCUT2D eigenvalue weighted by molar-refractivity contribution is -0.123. The van der Waals surface area contributed by atoms with Gasteiger partial charge in [-0.2, -0.15) is 0 Å². The first-order valence-electron chi connectivity index (χ1n) is 9.77. The molecule has 6 heteroatoms. The summed E-state index contributed by atoms with van der Waals surface area (Å²) in [5.41, 5.74) is 2.01. The summed E-state index contributed by atoms with van der Waals surface area (Å²) >= 11 is 0. The summed E-state index contributed by atoms with van der Waals surface area (Å²) in [5, 5.41) is 3.13. The van der Waals surface area contributed by atoms with Crippen LogP contribution in [0.15, 0.2) is 48.5 Å². The van der Waals surface area contributed by atoms with E-state index in [-0.39, 0.29) is 17.9 Å². The SMILES string of the molecule is CN(C)C(=O)c1ccc2c(c1)N(C)C(CC(=O)NC(C)(C)c1ccccc1)CO2. The van der Waals surface area contributed by atoms with Gasteiger partial charge in [-0.1, -0.05) is 30.3 Å². The molecule has 1 atom stereocenters. The largest absolute Gasteiger partial charge is 0.489 e. The minimum atomic E-state index is -0.463. The Morgan fingerprint density at radius 1 is 1.17 bits per heavy atom. The lowest BCUT2D eigenvalue weighted by atomic mass is 9.94. The molecule has 6 nitrogen and oxygen atoms in total. The Kier molecular flexibility index (Phi) is 5.82. The van der Waals surface area contributed by atoms with Crippen molar-refractivity contribution in [2.75, 3.05) is 32.6 Å². The van der Waals surface area contributed by atoms with Crippen LogP contribution in [-0.4, -0.2) is 50.5 Å². The number of benzene rings is 2. The fourth-order valence-corrected chi connectivity index (χ4v) is 3.54. The molecule has 2 aromatic carbocycles. The maximum absolute atomic E-state index is 12.8. The van der Waals surface area contributed by atoms with Crippen LogP contribution in [0.2, 0.25) is 0 Å². The number of fused-ring (bicyclic) bond motifs is 1. The highest BCUT2D eigenvalue weighted by atomic mass is 16.5. The number of carbonyl (C=O) groups is 2. The first-order chi connectivity index (χ1) is 13.7. The Bertz CT molecular complexity index is 893. The predicted molar refractivity (Wildman–Crippen MR) is 114 cm³/mol. The highest BCUT2D eigenvalue weighted by Gasteiger charge is 2.30. The van der Waals surface area contributed by atoms with Gasteiger partial charge in [0.1, 0.15) is 12.4 Å². The van der Waals surface area contributed by atoms with E-state index in [0.717, 1.165) is 17.0 Å². The molecule has 29 heavy (non-hydrogen) atoms. The third-order valence-corrected chi connectivity index (χ3v) is 5.34. The van der Waals surface area contributed by atoms with Crippen LogP contribution in [0.25, 0.3) is 0 Å². The number of nitrogens with one attached hydrogen (secondary N) is 1. The number of rotatable bonds is 5. The monoisotopic (exact) mass is 395 g/mol. The van der Waals surface area contributed by atoms with E-state index in [1.165, 1.54) is 0 Å². The Morgan fingerprint density at radius 3 is 2.52 bits per heavy atom. The van der Waals surface area contributed by atoms with Crippen molar-refractivity contribution in [1.29, 1.82) is 0 Å². The quantitative estimate of drug-likeness (QED) is 0.845. The van der Waals surface area contributed by atoms with E-state index in [1.54, 1.807) is 25.1 Å². The zero-order chi connectivity index (χ0) is 21.2. The number of ether oxygens (including phenoxy) is 1. The number of anilines is 1. The first kappa shape index (κ1) is 20.7. The van der Waals surface area contributed by atoms with Gasteiger partial charge in [-0.3, -0.25) is 9.59 Å². The molecule has 2 aromatic rings. The summed E-state index contributed by atoms with van der Waals surface area (Å²) < 4.78 is 5.87. The second-order valence-corrected chi connectivity index (χ2v) is 8.20. The molecule has 154 valence electrons. The van der Waals surface area contributed by atoms with Crippen molar-refractivity contribution in [2.45, 2.75) is 31.8 Å². The number of carbonyl (C=O) groups excluding carboxylic acids is 2. The van der Waals surface area contributed by atoms with Crippen molar-refractivity contribution in [3.63, 3.8) is 0 Å². The molecule has 0 saturated heterocycles. The lowest BCUT2D eigenvalue weighted by Gasteiger charge is -2.36. The normalized spacial score (nSPS) is 15.9. The van der Waals surface area contributed by atoms with Gasteiger partial charge < -0.3 is 19.9 Å². The second-order valence-electron chi connectivity index (χ2n) is 8.20. The summed E-state index contributed by atoms with van der Waals surface area (Å²) in [7, 11) is 5.39. The zero-order valence-electron chi connectivity index (χ0n) is 17.7. The van der Waals surface area contributed by atoms with E-state index in [9.17, 15) is 9.59 Å². The van der Waals surface area contributed by atoms with Gasteiger partial charge in [-0.15, -0.1) is 0 Å². The maximum atomic E-state index is 12.8. The number of likely N-dealkylation sites (N-methyl/N-ethyl adjacent to an activating group) is 1. The van der Waals surface area contributed by atoms with Crippen LogP contribution in [-0.2, 0) is 10.3 Å². The van der Waals surface area contributed by atoms with Crippen molar-refractivity contribution < 1.29 is 14.3 Å². The van der Waals surface area contributed by atoms with Crippen molar-refractivity contribution in [1.82, 2.24) is 10.2 Å². The molecular formula is C23H29N3O3. The fraction of sp³-hybridized carbons (Fsp3) is 0.391. The summed E-state index contributed by atoms with van der Waals surface area (Å²) in [5.74, 6) is 0.623. The van der Waals surface area contributed by atoms with E-state index >= 15 is 0 Å². The van der Waals surface area contributed by atoms with Gasteiger partial charge in [0.2, 0.25) is 5.91 Å². The molecule has 0 radical (unpaired) electrons. The molecule has 0 aromatic heterocycles. The van der Waals surface area contributed by atoms with Crippen LogP contribution in [0.4, 0.5) is 5.69 Å². The Hall–Kier alpha value is -3.02. The zero-order valence-corrected chi connectivity index (χ0v) is 17.7. The number of hydrogen-bond donors (Lipinski definition) is 1. The van der Waals surface area contributed by atoms with Gasteiger partial charge in [-0.05, 0) is 37.6 Å². The van der Waals surface area contributed by atoms with Crippen LogP contribution in [0.1, 0.15) is 36.2 Å². The predicted octanol–water partition coefficient (Wildman–Crippen LogP) is 3.03. The van der Waals surface area contributed by atoms with Gasteiger partial charge in [0, 0.05) is 26.7 Å². The van der Waals surface area contributed by atoms with Crippen LogP contribution in [0, 0.1) is 0 Å². The molecule has 1 unspecified atom stereocenters. The molecule has 1 aliphatic heterocycles. The summed E-state index contributed by atoms with van der Waals surface area (Å²) in [4.78, 5) is 28.6. The van der Waals surface area contributed by atoms with Crippen molar-refractivity contribution in [3.05, 3.63) is 59.7 Å². The van der Waals surface area contributed by atoms with Gasteiger partial charge in [0.25, 0.3) is 5.91 Å². The standard InChI is InChI=1S/C23H29N3O3/c1-23(2,17-9-7-6-8-10-17)24-21(27)14-18-15-29-20-12-11-16(22(28)25(3)4)13-19(20)26(18)5/h6-13,18H,14-15H2,1-5H3,(H,24,27). The van der Waals surface area contributed by atoms with Gasteiger partial charge in [-0.25, -0.2) is 0 Å². The summed E-state index contributed by atoms with van der Waals surface area (Å²) in [6.07, 6.45) is 0.304. The average Bonchev–Trinajstić information content (AvgIpc) is 2.69. The third-order valence-electron chi connectivity index (χ3n) is 5.34. The number of hydrogen-bond acceptors (Lipinski definition) is 4. The molecule has 3 rings (SSSR count). The van der Waals surface area contributed by atoms with Crippen molar-refractivity contribution in [2.24, 2.45) is 0 Å². The molecule has 1 heterocycles. The fourth-order valence-electron chi connectivity index (χ4n) is 3.54. The minimum Gasteiger partial charge on any atom is -0.489 e. The summed E-state index contributed by atoms with van der Waals surface area (Å²) in [6, 6.07) is 15.2. The second kappa shape index (κ2) is 8.15. The smallest absolute Gasteiger partial charge is 0.253 e. The molecule has 1 aliphatic rings. The van der Waals surface area contributed by atoms with Gasteiger partial charge >= 0.3 is 0 Å². The van der Waals surface area contributed by atoms with Crippen LogP contribution < -0.4 is 15.0 Å². The van der Waals surface area contributed by atoms with Crippen molar-refractivity contribution in [3.8, 4) is 5.75 Å². The van der Waals surface area contributed by atoms with E-state index in [0.29, 0.717) is 18.6 Å². The minimum absolute atomic E-state index is 0.0386. The van der Waals surface area contributed by atoms with Crippen molar-refractivity contribution >= 4 is 17.5 Å². The van der Waals surface area contributed by atoms with E-state index in [1.807, 2.05) is 68.3 Å². The van der Waals surface area contributed by atoms with Crippen LogP contribution >= 0.6 is 0 Å². The van der Waals surface area contributed by atoms with E-state index < -0.39 is 5.54 Å². The molecule has 0 saturated carbocycles. The lowest BCUT2D eigenvalue weighted by Crippen LogP contribution is -2.47. The number of nitrogens with zero attached hydrogens (tertiary/aromatic N) is 2. The van der Waals surface area contributed by atoms with E-state index in [2.05, 4.69) is 5.32 Å². The van der Waals surface area contributed by atoms with Crippen LogP contribution in [0.3, 0.4) is 0 Å². The first-order valence-corrected chi connectivity index (χ1v) is 9.77. The van der Waals surface area contributed by atoms with Crippen LogP contribution in [0.5, 0.6) is 5.75 Å². The maximum Gasteiger partial charge on any atom is 0.253 e. The highest BCUT2D eigenvalue weighted by Crippen LogP contribution is 2.35. The molecular weight excluding hydrogens is 366 g/mol. The molecule has 0 fully saturated rings. The molecule has 0 bridgehead atoms. The highest BCUT2D eigenvalue weighted by molar-refractivity contribution is 5.95. The summed E-state index contributed by atoms with van der Waals surface area (Å²) in [6.45, 7) is 4.41. The number of amides is 2. The molecule has 0 spiro atoms. The Morgan fingerprint density at radius 2 is 1.86 bits per heavy atom. The Labute approximate surface area is 172 Å². The Balaban J connectivity index is 1.71. The molecule has 1 N–H and O–H groups in total. The van der Waals surface area contributed by atoms with Gasteiger partial charge in [0.05, 0.1) is 23.7 Å². The third kappa shape index (κ3) is 4.53.